The van der Waals surface area contributed by atoms with E-state index in [1.807, 2.05) is 0 Å². The highest BCUT2D eigenvalue weighted by Gasteiger charge is 2.58. The molecule has 0 radical (unpaired) electrons. The lowest BCUT2D eigenvalue weighted by Gasteiger charge is -2.24. The van der Waals surface area contributed by atoms with Crippen LogP contribution in [-0.4, -0.2) is 79.0 Å². The number of amides is 4. The number of allylic oxidation sites excluding steroid dienone is 3. The predicted molar refractivity (Wildman–Crippen MR) is 164 cm³/mol. The first-order chi connectivity index (χ1) is 22.1. The number of alkyl carbamates (subject to hydrolysis) is 1. The molecule has 0 aromatic rings. The zero-order valence-electron chi connectivity index (χ0n) is 26.6. The molecule has 3 aliphatic heterocycles. The average Bonchev–Trinajstić information content (AvgIpc) is 3.91. The van der Waals surface area contributed by atoms with Crippen LogP contribution in [0, 0.1) is 0 Å². The number of nitrogens with one attached hydrogen (secondary N) is 2. The van der Waals surface area contributed by atoms with Crippen molar-refractivity contribution in [2.24, 2.45) is 0 Å². The first-order valence-corrected chi connectivity index (χ1v) is 15.8. The quantitative estimate of drug-likeness (QED) is 0.0794. The second-order valence-corrected chi connectivity index (χ2v) is 11.4. The van der Waals surface area contributed by atoms with E-state index in [1.54, 1.807) is 19.1 Å². The summed E-state index contributed by atoms with van der Waals surface area (Å²) in [6.45, 7) is 5.24. The highest BCUT2D eigenvalue weighted by molar-refractivity contribution is 6.05. The SMILES string of the molecule is CCCCCCCC(=O)OCC/C=C/[C@@H]1O[C@@H]1[C@@H]1OC(=O)/C=C\C=C\C(=O)NC(=O)/C=C(/C)CC[C@@H]2O[C@H]2[C@H]1OC(=O)NC(C)=O. The number of epoxide rings is 2. The van der Waals surface area contributed by atoms with Gasteiger partial charge in [-0.3, -0.25) is 29.8 Å². The third-order valence-electron chi connectivity index (χ3n) is 7.32. The van der Waals surface area contributed by atoms with Gasteiger partial charge in [-0.1, -0.05) is 62.5 Å². The molecule has 0 aromatic carbocycles. The molecule has 2 fully saturated rings. The van der Waals surface area contributed by atoms with Crippen molar-refractivity contribution in [1.29, 1.82) is 0 Å². The Kier molecular flexibility index (Phi) is 14.8. The molecular formula is C33H44N2O11. The van der Waals surface area contributed by atoms with Crippen LogP contribution < -0.4 is 10.6 Å². The Hall–Kier alpha value is -4.10. The van der Waals surface area contributed by atoms with Gasteiger partial charge < -0.3 is 23.7 Å². The zero-order valence-corrected chi connectivity index (χ0v) is 26.6. The fraction of sp³-hybridized carbons (Fsp3) is 0.576. The molecule has 252 valence electrons. The Morgan fingerprint density at radius 2 is 1.76 bits per heavy atom. The van der Waals surface area contributed by atoms with Crippen molar-refractivity contribution in [3.8, 4) is 0 Å². The molecule has 46 heavy (non-hydrogen) atoms. The van der Waals surface area contributed by atoms with Crippen molar-refractivity contribution in [1.82, 2.24) is 10.6 Å². The molecule has 0 spiro atoms. The van der Waals surface area contributed by atoms with Crippen LogP contribution in [0.5, 0.6) is 0 Å². The van der Waals surface area contributed by atoms with Crippen LogP contribution in [0.25, 0.3) is 0 Å². The number of fused-ring (bicyclic) bond motifs is 1. The molecule has 13 nitrogen and oxygen atoms in total. The van der Waals surface area contributed by atoms with Gasteiger partial charge in [0.2, 0.25) is 5.91 Å². The molecule has 0 aromatic heterocycles. The van der Waals surface area contributed by atoms with Gasteiger partial charge in [0, 0.05) is 31.6 Å². The van der Waals surface area contributed by atoms with Crippen molar-refractivity contribution in [2.75, 3.05) is 6.61 Å². The maximum Gasteiger partial charge on any atom is 0.414 e. The topological polar surface area (TPSA) is 179 Å². The average molecular weight is 645 g/mol. The van der Waals surface area contributed by atoms with Crippen LogP contribution >= 0.6 is 0 Å². The highest BCUT2D eigenvalue weighted by Crippen LogP contribution is 2.39. The zero-order chi connectivity index (χ0) is 33.5. The van der Waals surface area contributed by atoms with Gasteiger partial charge in [-0.05, 0) is 32.6 Å². The maximum atomic E-state index is 12.8. The van der Waals surface area contributed by atoms with Gasteiger partial charge >= 0.3 is 18.0 Å². The van der Waals surface area contributed by atoms with E-state index < -0.39 is 66.4 Å². The summed E-state index contributed by atoms with van der Waals surface area (Å²) in [7, 11) is 0. The smallest absolute Gasteiger partial charge is 0.414 e. The highest BCUT2D eigenvalue weighted by atomic mass is 16.7. The molecule has 13 heteroatoms. The lowest BCUT2D eigenvalue weighted by molar-refractivity contribution is -0.152. The first-order valence-electron chi connectivity index (χ1n) is 15.8. The van der Waals surface area contributed by atoms with E-state index in [0.29, 0.717) is 31.3 Å². The van der Waals surface area contributed by atoms with Crippen LogP contribution in [-0.2, 0) is 47.7 Å². The van der Waals surface area contributed by atoms with E-state index in [4.69, 9.17) is 23.7 Å². The summed E-state index contributed by atoms with van der Waals surface area (Å²) in [6, 6.07) is 0. The Labute approximate surface area is 268 Å². The molecule has 2 saturated heterocycles. The maximum absolute atomic E-state index is 12.8. The van der Waals surface area contributed by atoms with Gasteiger partial charge in [-0.25, -0.2) is 9.59 Å². The summed E-state index contributed by atoms with van der Waals surface area (Å²) in [6.07, 6.45) is 10.9. The van der Waals surface area contributed by atoms with E-state index in [0.717, 1.165) is 51.2 Å². The summed E-state index contributed by atoms with van der Waals surface area (Å²) in [5.74, 6) is -2.94. The van der Waals surface area contributed by atoms with E-state index in [2.05, 4.69) is 17.6 Å². The molecular weight excluding hydrogens is 600 g/mol. The molecule has 4 amide bonds. The third kappa shape index (κ3) is 13.5. The minimum Gasteiger partial charge on any atom is -0.465 e. The van der Waals surface area contributed by atoms with Gasteiger partial charge in [-0.15, -0.1) is 0 Å². The fourth-order valence-electron chi connectivity index (χ4n) is 4.90. The number of carbonyl (C=O) groups excluding carboxylic acids is 6. The van der Waals surface area contributed by atoms with Gasteiger partial charge in [-0.2, -0.15) is 0 Å². The number of rotatable bonds is 12. The van der Waals surface area contributed by atoms with Gasteiger partial charge in [0.1, 0.15) is 18.3 Å². The molecule has 6 atom stereocenters. The molecule has 3 heterocycles. The number of hydrogen-bond acceptors (Lipinski definition) is 11. The number of unbranched alkanes of at least 4 members (excludes halogenated alkanes) is 4. The number of esters is 2. The molecule has 3 rings (SSSR count). The summed E-state index contributed by atoms with van der Waals surface area (Å²) >= 11 is 0. The van der Waals surface area contributed by atoms with Gasteiger partial charge in [0.25, 0.3) is 11.8 Å². The minimum absolute atomic E-state index is 0.213. The second kappa shape index (κ2) is 18.8. The number of carbonyl (C=O) groups is 6. The van der Waals surface area contributed by atoms with Crippen molar-refractivity contribution in [3.05, 3.63) is 48.1 Å². The molecule has 2 N–H and O–H groups in total. The van der Waals surface area contributed by atoms with Gasteiger partial charge in [0.15, 0.2) is 12.2 Å². The normalized spacial score (nSPS) is 29.2. The Morgan fingerprint density at radius 1 is 1.00 bits per heavy atom. The van der Waals surface area contributed by atoms with E-state index >= 15 is 0 Å². The molecule has 0 unspecified atom stereocenters. The number of ether oxygens (including phenoxy) is 5. The van der Waals surface area contributed by atoms with Crippen LogP contribution in [0.4, 0.5) is 4.79 Å². The molecule has 0 aliphatic carbocycles. The molecule has 3 aliphatic rings. The van der Waals surface area contributed by atoms with E-state index in [1.165, 1.54) is 18.2 Å². The summed E-state index contributed by atoms with van der Waals surface area (Å²) in [5.41, 5.74) is 0.691. The van der Waals surface area contributed by atoms with Crippen LogP contribution in [0.15, 0.2) is 48.1 Å². The Bertz CT molecular complexity index is 1240. The van der Waals surface area contributed by atoms with Crippen molar-refractivity contribution in [2.45, 2.75) is 115 Å². The number of imide groups is 2. The standard InChI is InChI=1S/C33H44N2O11/c1-4-5-6-7-8-15-27(39)42-19-12-11-13-23-29(43-23)31-32(46-33(41)34-22(3)36)30-24(44-30)18-17-21(2)20-26(38)35-25(37)14-9-10-16-28(40)45-31/h9-11,13-14,16,20,23-24,29-32H,4-8,12,15,17-19H2,1-3H3,(H,34,36,41)(H,35,37,38)/b13-11+,14-9+,16-10-,21-20-/t23-,24-,29-,30+,31-,32+/m0/s1. The monoisotopic (exact) mass is 644 g/mol. The minimum atomic E-state index is -1.14. The van der Waals surface area contributed by atoms with Crippen LogP contribution in [0.2, 0.25) is 0 Å². The summed E-state index contributed by atoms with van der Waals surface area (Å²) < 4.78 is 28.2. The van der Waals surface area contributed by atoms with Crippen LogP contribution in [0.3, 0.4) is 0 Å². The first kappa shape index (κ1) is 36.4. The van der Waals surface area contributed by atoms with Crippen molar-refractivity contribution in [3.63, 3.8) is 0 Å². The Morgan fingerprint density at radius 3 is 2.52 bits per heavy atom. The van der Waals surface area contributed by atoms with Gasteiger partial charge in [0.05, 0.1) is 12.7 Å². The lowest BCUT2D eigenvalue weighted by Crippen LogP contribution is -2.46. The van der Waals surface area contributed by atoms with Crippen molar-refractivity contribution >= 4 is 35.8 Å². The summed E-state index contributed by atoms with van der Waals surface area (Å²) in [4.78, 5) is 72.9. The number of hydrogen-bond donors (Lipinski definition) is 2. The van der Waals surface area contributed by atoms with Crippen LogP contribution in [0.1, 0.15) is 78.6 Å². The second-order valence-electron chi connectivity index (χ2n) is 11.4. The Balaban J connectivity index is 1.68. The summed E-state index contributed by atoms with van der Waals surface area (Å²) in [5, 5.41) is 4.25. The molecule has 0 saturated carbocycles. The van der Waals surface area contributed by atoms with E-state index in [9.17, 15) is 28.8 Å². The number of cyclic esters (lactones) is 1. The lowest BCUT2D eigenvalue weighted by atomic mass is 10.00. The predicted octanol–water partition coefficient (Wildman–Crippen LogP) is 3.42. The molecule has 0 bridgehead atoms. The van der Waals surface area contributed by atoms with E-state index in [-0.39, 0.29) is 12.6 Å². The fourth-order valence-corrected chi connectivity index (χ4v) is 4.90. The van der Waals surface area contributed by atoms with Crippen molar-refractivity contribution < 1.29 is 52.5 Å². The third-order valence-corrected chi connectivity index (χ3v) is 7.32. The largest absolute Gasteiger partial charge is 0.465 e.